The number of nitrogens with one attached hydrogen (secondary N) is 1. The molecule has 0 aliphatic heterocycles. The third-order valence-corrected chi connectivity index (χ3v) is 5.45. The lowest BCUT2D eigenvalue weighted by molar-refractivity contribution is -0.117. The minimum Gasteiger partial charge on any atom is -0.497 e. The van der Waals surface area contributed by atoms with E-state index in [1.165, 1.54) is 47.8 Å². The van der Waals surface area contributed by atoms with Gasteiger partial charge in [-0.3, -0.25) is 19.5 Å². The summed E-state index contributed by atoms with van der Waals surface area (Å²) < 4.78 is 18.7. The molecule has 0 bridgehead atoms. The number of rotatable bonds is 7. The number of anilines is 2. The molecule has 0 saturated carbocycles. The number of benzene rings is 3. The van der Waals surface area contributed by atoms with Crippen LogP contribution in [0.25, 0.3) is 0 Å². The van der Waals surface area contributed by atoms with Crippen LogP contribution in [-0.4, -0.2) is 28.9 Å². The molecule has 0 saturated heterocycles. The van der Waals surface area contributed by atoms with Crippen LogP contribution >= 0.6 is 0 Å². The molecule has 1 N–H and O–H groups in total. The van der Waals surface area contributed by atoms with Crippen LogP contribution in [0.2, 0.25) is 0 Å². The van der Waals surface area contributed by atoms with E-state index >= 15 is 0 Å². The van der Waals surface area contributed by atoms with Crippen LogP contribution in [0.1, 0.15) is 27.7 Å². The van der Waals surface area contributed by atoms with Gasteiger partial charge in [-0.1, -0.05) is 24.3 Å². The van der Waals surface area contributed by atoms with Gasteiger partial charge < -0.3 is 10.1 Å². The highest BCUT2D eigenvalue weighted by molar-refractivity contribution is 6.11. The van der Waals surface area contributed by atoms with Crippen LogP contribution in [0.3, 0.4) is 0 Å². The van der Waals surface area contributed by atoms with Gasteiger partial charge in [-0.15, -0.1) is 0 Å². The maximum absolute atomic E-state index is 13.8. The third kappa shape index (κ3) is 5.33. The second-order valence-electron chi connectivity index (χ2n) is 7.72. The molecule has 35 heavy (non-hydrogen) atoms. The lowest BCUT2D eigenvalue weighted by Gasteiger charge is -2.32. The molecular formula is C27H23FN4O3. The van der Waals surface area contributed by atoms with Crippen molar-refractivity contribution in [3.05, 3.63) is 114 Å². The summed E-state index contributed by atoms with van der Waals surface area (Å²) in [5.74, 6) is -0.801. The first-order chi connectivity index (χ1) is 17.0. The zero-order valence-corrected chi connectivity index (χ0v) is 19.2. The van der Waals surface area contributed by atoms with Gasteiger partial charge in [-0.25, -0.2) is 9.37 Å². The second-order valence-corrected chi connectivity index (χ2v) is 7.72. The van der Waals surface area contributed by atoms with E-state index in [0.29, 0.717) is 22.7 Å². The maximum Gasteiger partial charge on any atom is 0.279 e. The van der Waals surface area contributed by atoms with Gasteiger partial charge in [-0.2, -0.15) is 0 Å². The van der Waals surface area contributed by atoms with E-state index in [4.69, 9.17) is 4.74 Å². The minimum absolute atomic E-state index is 0.0801. The highest BCUT2D eigenvalue weighted by atomic mass is 19.1. The van der Waals surface area contributed by atoms with Crippen molar-refractivity contribution < 1.29 is 18.7 Å². The number of amides is 2. The number of ether oxygens (including phenoxy) is 1. The molecule has 7 nitrogen and oxygen atoms in total. The highest BCUT2D eigenvalue weighted by Crippen LogP contribution is 2.33. The van der Waals surface area contributed by atoms with Gasteiger partial charge in [0.2, 0.25) is 0 Å². The number of methoxy groups -OCH3 is 1. The van der Waals surface area contributed by atoms with Crippen molar-refractivity contribution in [1.29, 1.82) is 0 Å². The zero-order valence-electron chi connectivity index (χ0n) is 19.2. The maximum atomic E-state index is 13.8. The lowest BCUT2D eigenvalue weighted by Crippen LogP contribution is -2.42. The Labute approximate surface area is 202 Å². The van der Waals surface area contributed by atoms with E-state index in [1.54, 1.807) is 43.5 Å². The van der Waals surface area contributed by atoms with Crippen molar-refractivity contribution >= 4 is 23.2 Å². The number of aryl methyl sites for hydroxylation is 1. The van der Waals surface area contributed by atoms with Crippen molar-refractivity contribution in [2.24, 2.45) is 0 Å². The summed E-state index contributed by atoms with van der Waals surface area (Å²) in [5.41, 5.74) is 2.38. The van der Waals surface area contributed by atoms with Crippen molar-refractivity contribution in [2.45, 2.75) is 13.0 Å². The fraction of sp³-hybridized carbons (Fsp3) is 0.111. The van der Waals surface area contributed by atoms with E-state index in [2.05, 4.69) is 15.3 Å². The van der Waals surface area contributed by atoms with Crippen molar-refractivity contribution in [3.63, 3.8) is 0 Å². The molecule has 1 aromatic heterocycles. The number of nitrogens with zero attached hydrogens (tertiary/aromatic N) is 3. The van der Waals surface area contributed by atoms with Crippen LogP contribution in [0.15, 0.2) is 91.4 Å². The smallest absolute Gasteiger partial charge is 0.279 e. The van der Waals surface area contributed by atoms with E-state index < -0.39 is 23.7 Å². The summed E-state index contributed by atoms with van der Waals surface area (Å²) in [7, 11) is 1.55. The molecule has 3 aromatic carbocycles. The third-order valence-electron chi connectivity index (χ3n) is 5.45. The molecule has 0 spiro atoms. The zero-order chi connectivity index (χ0) is 24.8. The molecule has 8 heteroatoms. The molecule has 0 radical (unpaired) electrons. The predicted molar refractivity (Wildman–Crippen MR) is 131 cm³/mol. The molecule has 2 amide bonds. The number of aromatic nitrogens is 2. The average Bonchev–Trinajstić information content (AvgIpc) is 2.89. The largest absolute Gasteiger partial charge is 0.497 e. The normalized spacial score (nSPS) is 11.4. The fourth-order valence-electron chi connectivity index (χ4n) is 3.69. The van der Waals surface area contributed by atoms with Gasteiger partial charge in [0.25, 0.3) is 11.8 Å². The van der Waals surface area contributed by atoms with Crippen LogP contribution in [0, 0.1) is 12.7 Å². The number of carbonyl (C=O) groups is 2. The molecule has 0 aliphatic carbocycles. The fourth-order valence-corrected chi connectivity index (χ4v) is 3.69. The molecule has 4 aromatic rings. The van der Waals surface area contributed by atoms with Crippen LogP contribution in [0.5, 0.6) is 5.75 Å². The number of hydrogen-bond donors (Lipinski definition) is 1. The minimum atomic E-state index is -1.07. The SMILES string of the molecule is COc1ccc(N(C(=O)c2cnccn2)C(C(=O)Nc2ccc(F)cc2)c2ccccc2C)cc1. The van der Waals surface area contributed by atoms with Crippen molar-refractivity contribution in [2.75, 3.05) is 17.3 Å². The molecule has 4 rings (SSSR count). The first-order valence-electron chi connectivity index (χ1n) is 10.8. The molecule has 1 heterocycles. The highest BCUT2D eigenvalue weighted by Gasteiger charge is 2.35. The van der Waals surface area contributed by atoms with E-state index in [9.17, 15) is 14.0 Å². The monoisotopic (exact) mass is 470 g/mol. The van der Waals surface area contributed by atoms with E-state index in [-0.39, 0.29) is 5.69 Å². The Morgan fingerprint density at radius 1 is 0.971 bits per heavy atom. The Morgan fingerprint density at radius 2 is 1.69 bits per heavy atom. The molecular weight excluding hydrogens is 447 g/mol. The molecule has 176 valence electrons. The van der Waals surface area contributed by atoms with Gasteiger partial charge >= 0.3 is 0 Å². The molecule has 1 atom stereocenters. The first kappa shape index (κ1) is 23.6. The number of halogens is 1. The quantitative estimate of drug-likeness (QED) is 0.413. The van der Waals surface area contributed by atoms with E-state index in [1.807, 2.05) is 19.1 Å². The Hall–Kier alpha value is -4.59. The molecule has 0 aliphatic rings. The van der Waals surface area contributed by atoms with Crippen LogP contribution < -0.4 is 15.0 Å². The second kappa shape index (κ2) is 10.6. The standard InChI is InChI=1S/C27H23FN4O3/c1-18-5-3-4-6-23(18)25(26(33)31-20-9-7-19(28)8-10-20)32(21-11-13-22(35-2)14-12-21)27(34)24-17-29-15-16-30-24/h3-17,25H,1-2H3,(H,31,33). The van der Waals surface area contributed by atoms with Crippen molar-refractivity contribution in [3.8, 4) is 5.75 Å². The topological polar surface area (TPSA) is 84.4 Å². The van der Waals surface area contributed by atoms with Crippen molar-refractivity contribution in [1.82, 2.24) is 9.97 Å². The van der Waals surface area contributed by atoms with Gasteiger partial charge in [0, 0.05) is 23.8 Å². The summed E-state index contributed by atoms with van der Waals surface area (Å²) >= 11 is 0. The lowest BCUT2D eigenvalue weighted by atomic mass is 9.97. The Balaban J connectivity index is 1.85. The van der Waals surface area contributed by atoms with Crippen LogP contribution in [0.4, 0.5) is 15.8 Å². The summed E-state index contributed by atoms with van der Waals surface area (Å²) in [4.78, 5) is 37.1. The van der Waals surface area contributed by atoms with Gasteiger partial charge in [0.15, 0.2) is 0 Å². The first-order valence-corrected chi connectivity index (χ1v) is 10.8. The van der Waals surface area contributed by atoms with Gasteiger partial charge in [0.05, 0.1) is 13.3 Å². The predicted octanol–water partition coefficient (Wildman–Crippen LogP) is 4.96. The summed E-state index contributed by atoms with van der Waals surface area (Å²) in [6.45, 7) is 1.87. The summed E-state index contributed by atoms with van der Waals surface area (Å²) in [5, 5.41) is 2.81. The number of hydrogen-bond acceptors (Lipinski definition) is 5. The Bertz CT molecular complexity index is 1310. The summed E-state index contributed by atoms with van der Waals surface area (Å²) in [6, 6.07) is 18.5. The van der Waals surface area contributed by atoms with Crippen LogP contribution in [-0.2, 0) is 4.79 Å². The molecule has 1 unspecified atom stereocenters. The Kier molecular flexibility index (Phi) is 7.11. The average molecular weight is 471 g/mol. The van der Waals surface area contributed by atoms with Gasteiger partial charge in [0.1, 0.15) is 23.3 Å². The number of carbonyl (C=O) groups excluding carboxylic acids is 2. The van der Waals surface area contributed by atoms with E-state index in [0.717, 1.165) is 5.56 Å². The van der Waals surface area contributed by atoms with Gasteiger partial charge in [-0.05, 0) is 66.6 Å². The Morgan fingerprint density at radius 3 is 2.31 bits per heavy atom. The molecule has 0 fully saturated rings. The summed E-state index contributed by atoms with van der Waals surface area (Å²) in [6.07, 6.45) is 4.24.